The summed E-state index contributed by atoms with van der Waals surface area (Å²) in [6, 6.07) is 16.2. The van der Waals surface area contributed by atoms with E-state index < -0.39 is 10.0 Å². The molecule has 2 amide bonds. The average Bonchev–Trinajstić information content (AvgIpc) is 2.74. The maximum absolute atomic E-state index is 12.7. The molecule has 1 aliphatic heterocycles. The largest absolute Gasteiger partial charge is 0.494 e. The van der Waals surface area contributed by atoms with E-state index in [1.54, 1.807) is 29.2 Å². The summed E-state index contributed by atoms with van der Waals surface area (Å²) in [7, 11) is -3.52. The molecule has 1 N–H and O–H groups in total. The Morgan fingerprint density at radius 1 is 1.00 bits per heavy atom. The van der Waals surface area contributed by atoms with E-state index in [4.69, 9.17) is 4.74 Å². The highest BCUT2D eigenvalue weighted by Gasteiger charge is 2.29. The Kier molecular flexibility index (Phi) is 7.11. The van der Waals surface area contributed by atoms with Gasteiger partial charge in [0.1, 0.15) is 5.75 Å². The van der Waals surface area contributed by atoms with Crippen molar-refractivity contribution in [3.8, 4) is 5.75 Å². The zero-order valence-corrected chi connectivity index (χ0v) is 17.4. The van der Waals surface area contributed by atoms with Gasteiger partial charge < -0.3 is 15.0 Å². The summed E-state index contributed by atoms with van der Waals surface area (Å²) in [4.78, 5) is 14.2. The Morgan fingerprint density at radius 3 is 2.31 bits per heavy atom. The van der Waals surface area contributed by atoms with Crippen LogP contribution in [0.1, 0.15) is 12.0 Å². The molecule has 1 saturated heterocycles. The fraction of sp³-hybridized carbons (Fsp3) is 0.381. The molecule has 0 spiro atoms. The summed E-state index contributed by atoms with van der Waals surface area (Å²) < 4.78 is 32.5. The van der Waals surface area contributed by atoms with Crippen molar-refractivity contribution < 1.29 is 17.9 Å². The van der Waals surface area contributed by atoms with Crippen LogP contribution in [0.2, 0.25) is 0 Å². The van der Waals surface area contributed by atoms with Gasteiger partial charge in [0, 0.05) is 32.7 Å². The van der Waals surface area contributed by atoms with Crippen LogP contribution in [0.4, 0.5) is 4.79 Å². The van der Waals surface area contributed by atoms with Gasteiger partial charge in [0.05, 0.1) is 11.5 Å². The minimum Gasteiger partial charge on any atom is -0.494 e. The van der Waals surface area contributed by atoms with Gasteiger partial charge in [0.2, 0.25) is 10.0 Å². The van der Waals surface area contributed by atoms with Crippen molar-refractivity contribution in [2.75, 3.05) is 39.3 Å². The monoisotopic (exact) mass is 417 g/mol. The molecule has 2 aromatic carbocycles. The topological polar surface area (TPSA) is 79.0 Å². The van der Waals surface area contributed by atoms with Crippen LogP contribution in [-0.2, 0) is 10.0 Å². The number of nitrogens with zero attached hydrogens (tertiary/aromatic N) is 2. The summed E-state index contributed by atoms with van der Waals surface area (Å²) in [6.07, 6.45) is 0.697. The van der Waals surface area contributed by atoms with E-state index in [1.165, 1.54) is 4.31 Å². The van der Waals surface area contributed by atoms with Gasteiger partial charge in [-0.3, -0.25) is 0 Å². The highest BCUT2D eigenvalue weighted by atomic mass is 32.2. The second kappa shape index (κ2) is 9.76. The molecule has 3 rings (SSSR count). The van der Waals surface area contributed by atoms with E-state index in [-0.39, 0.29) is 6.03 Å². The lowest BCUT2D eigenvalue weighted by Crippen LogP contribution is -2.53. The highest BCUT2D eigenvalue weighted by Crippen LogP contribution is 2.18. The molecule has 156 valence electrons. The smallest absolute Gasteiger partial charge is 0.317 e. The van der Waals surface area contributed by atoms with Gasteiger partial charge in [-0.2, -0.15) is 4.31 Å². The standard InChI is InChI=1S/C21H27N3O4S/c1-18-8-10-20(11-9-18)29(26,27)24-15-13-23(14-16-24)21(25)22-12-5-17-28-19-6-3-2-4-7-19/h2-4,6-11H,5,12-17H2,1H3,(H,22,25). The number of para-hydroxylation sites is 1. The van der Waals surface area contributed by atoms with Crippen molar-refractivity contribution >= 4 is 16.1 Å². The molecule has 1 aliphatic rings. The van der Waals surface area contributed by atoms with Gasteiger partial charge >= 0.3 is 6.03 Å². The van der Waals surface area contributed by atoms with Gasteiger partial charge in [0.25, 0.3) is 0 Å². The molecule has 2 aromatic rings. The average molecular weight is 418 g/mol. The summed E-state index contributed by atoms with van der Waals surface area (Å²) in [5.41, 5.74) is 1.01. The molecule has 0 atom stereocenters. The molecule has 1 heterocycles. The number of hydrogen-bond donors (Lipinski definition) is 1. The van der Waals surface area contributed by atoms with Crippen molar-refractivity contribution in [3.63, 3.8) is 0 Å². The van der Waals surface area contributed by atoms with E-state index in [1.807, 2.05) is 37.3 Å². The predicted molar refractivity (Wildman–Crippen MR) is 111 cm³/mol. The van der Waals surface area contributed by atoms with Gasteiger partial charge in [-0.25, -0.2) is 13.2 Å². The van der Waals surface area contributed by atoms with Crippen LogP contribution in [-0.4, -0.2) is 63.0 Å². The van der Waals surface area contributed by atoms with E-state index in [2.05, 4.69) is 5.32 Å². The molecule has 7 nitrogen and oxygen atoms in total. The van der Waals surface area contributed by atoms with Crippen LogP contribution < -0.4 is 10.1 Å². The fourth-order valence-corrected chi connectivity index (χ4v) is 4.50. The van der Waals surface area contributed by atoms with E-state index >= 15 is 0 Å². The van der Waals surface area contributed by atoms with Crippen molar-refractivity contribution in [1.82, 2.24) is 14.5 Å². The molecular weight excluding hydrogens is 390 g/mol. The number of hydrogen-bond acceptors (Lipinski definition) is 4. The Balaban J connectivity index is 1.39. The fourth-order valence-electron chi connectivity index (χ4n) is 3.08. The first-order valence-electron chi connectivity index (χ1n) is 9.74. The number of rotatable bonds is 7. The van der Waals surface area contributed by atoms with E-state index in [0.29, 0.717) is 50.6 Å². The summed E-state index contributed by atoms with van der Waals surface area (Å²) >= 11 is 0. The summed E-state index contributed by atoms with van der Waals surface area (Å²) in [5.74, 6) is 0.810. The van der Waals surface area contributed by atoms with Crippen LogP contribution in [0.15, 0.2) is 59.5 Å². The first kappa shape index (κ1) is 21.1. The number of aryl methyl sites for hydroxylation is 1. The molecule has 29 heavy (non-hydrogen) atoms. The third kappa shape index (κ3) is 5.71. The summed E-state index contributed by atoms with van der Waals surface area (Å²) in [5, 5.41) is 2.87. The molecule has 0 saturated carbocycles. The Bertz CT molecular complexity index is 893. The minimum atomic E-state index is -3.52. The maximum atomic E-state index is 12.7. The van der Waals surface area contributed by atoms with E-state index in [0.717, 1.165) is 11.3 Å². The highest BCUT2D eigenvalue weighted by molar-refractivity contribution is 7.89. The number of carbonyl (C=O) groups excluding carboxylic acids is 1. The molecule has 8 heteroatoms. The zero-order valence-electron chi connectivity index (χ0n) is 16.6. The van der Waals surface area contributed by atoms with Gasteiger partial charge in [0.15, 0.2) is 0 Å². The number of nitrogens with one attached hydrogen (secondary N) is 1. The molecule has 0 unspecified atom stereocenters. The lowest BCUT2D eigenvalue weighted by molar-refractivity contribution is 0.171. The van der Waals surface area contributed by atoms with Gasteiger partial charge in [-0.05, 0) is 37.6 Å². The molecule has 0 aromatic heterocycles. The molecule has 1 fully saturated rings. The lowest BCUT2D eigenvalue weighted by atomic mass is 10.2. The van der Waals surface area contributed by atoms with Crippen LogP contribution in [0.3, 0.4) is 0 Å². The number of benzene rings is 2. The molecular formula is C21H27N3O4S. The number of amides is 2. The first-order valence-corrected chi connectivity index (χ1v) is 11.2. The Hall–Kier alpha value is -2.58. The van der Waals surface area contributed by atoms with Crippen molar-refractivity contribution in [3.05, 3.63) is 60.2 Å². The first-order chi connectivity index (χ1) is 14.0. The van der Waals surface area contributed by atoms with Crippen LogP contribution >= 0.6 is 0 Å². The van der Waals surface area contributed by atoms with Gasteiger partial charge in [-0.15, -0.1) is 0 Å². The van der Waals surface area contributed by atoms with Crippen molar-refractivity contribution in [2.45, 2.75) is 18.2 Å². The minimum absolute atomic E-state index is 0.169. The number of ether oxygens (including phenoxy) is 1. The Morgan fingerprint density at radius 2 is 1.66 bits per heavy atom. The number of carbonyl (C=O) groups is 1. The summed E-state index contributed by atoms with van der Waals surface area (Å²) in [6.45, 7) is 4.28. The predicted octanol–water partition coefficient (Wildman–Crippen LogP) is 2.48. The van der Waals surface area contributed by atoms with Gasteiger partial charge in [-0.1, -0.05) is 35.9 Å². The second-order valence-corrected chi connectivity index (χ2v) is 8.89. The molecule has 0 aliphatic carbocycles. The quantitative estimate of drug-likeness (QED) is 0.702. The van der Waals surface area contributed by atoms with Crippen molar-refractivity contribution in [2.24, 2.45) is 0 Å². The lowest BCUT2D eigenvalue weighted by Gasteiger charge is -2.34. The number of piperazine rings is 1. The zero-order chi connectivity index (χ0) is 20.7. The van der Waals surface area contributed by atoms with Crippen LogP contribution in [0.5, 0.6) is 5.75 Å². The SMILES string of the molecule is Cc1ccc(S(=O)(=O)N2CCN(C(=O)NCCCOc3ccccc3)CC2)cc1. The number of sulfonamides is 1. The Labute approximate surface area is 172 Å². The van der Waals surface area contributed by atoms with E-state index in [9.17, 15) is 13.2 Å². The third-order valence-electron chi connectivity index (χ3n) is 4.79. The third-order valence-corrected chi connectivity index (χ3v) is 6.71. The van der Waals surface area contributed by atoms with Crippen LogP contribution in [0, 0.1) is 6.92 Å². The maximum Gasteiger partial charge on any atom is 0.317 e. The number of urea groups is 1. The van der Waals surface area contributed by atoms with Crippen molar-refractivity contribution in [1.29, 1.82) is 0 Å². The normalized spacial score (nSPS) is 15.1. The molecule has 0 bridgehead atoms. The van der Waals surface area contributed by atoms with Crippen LogP contribution in [0.25, 0.3) is 0 Å². The second-order valence-electron chi connectivity index (χ2n) is 6.95. The molecule has 0 radical (unpaired) electrons.